The topological polar surface area (TPSA) is 77.1 Å². The van der Waals surface area contributed by atoms with Crippen molar-refractivity contribution < 1.29 is 23.8 Å². The Labute approximate surface area is 235 Å². The molecule has 0 saturated carbocycles. The molecular formula is C33H34N2O5. The van der Waals surface area contributed by atoms with Crippen molar-refractivity contribution in [3.63, 3.8) is 0 Å². The van der Waals surface area contributed by atoms with E-state index >= 15 is 0 Å². The standard InChI is InChI=1S/C33H34N2O5/c1-38-28-17-14-25(15-18-28)23-35(31(36)21-26-16-19-29(39-2)30(20-26)40-3)32(27-12-8-5-9-13-27)33(37)34-22-24-10-6-4-7-11-24/h4-20,32H,21-23H2,1-3H3,(H,34,37)/t32-/m1/s1. The average Bonchev–Trinajstić information content (AvgIpc) is 3.01. The molecule has 0 fully saturated rings. The maximum absolute atomic E-state index is 14.0. The number of hydrogen-bond donors (Lipinski definition) is 1. The van der Waals surface area contributed by atoms with Crippen LogP contribution >= 0.6 is 0 Å². The molecule has 0 heterocycles. The van der Waals surface area contributed by atoms with Gasteiger partial charge in [-0.1, -0.05) is 78.9 Å². The number of carbonyl (C=O) groups is 2. The van der Waals surface area contributed by atoms with Crippen LogP contribution in [0.5, 0.6) is 17.2 Å². The van der Waals surface area contributed by atoms with Crippen molar-refractivity contribution in [3.05, 3.63) is 125 Å². The third-order valence-corrected chi connectivity index (χ3v) is 6.62. The van der Waals surface area contributed by atoms with E-state index in [9.17, 15) is 9.59 Å². The van der Waals surface area contributed by atoms with Crippen molar-refractivity contribution in [1.29, 1.82) is 0 Å². The fraction of sp³-hybridized carbons (Fsp3) is 0.212. The smallest absolute Gasteiger partial charge is 0.247 e. The van der Waals surface area contributed by atoms with Gasteiger partial charge < -0.3 is 24.4 Å². The lowest BCUT2D eigenvalue weighted by Crippen LogP contribution is -2.43. The second-order valence-corrected chi connectivity index (χ2v) is 9.25. The van der Waals surface area contributed by atoms with E-state index < -0.39 is 6.04 Å². The fourth-order valence-electron chi connectivity index (χ4n) is 4.51. The predicted octanol–water partition coefficient (Wildman–Crippen LogP) is 5.34. The first-order valence-electron chi connectivity index (χ1n) is 13.0. The molecule has 7 heteroatoms. The minimum absolute atomic E-state index is 0.0752. The lowest BCUT2D eigenvalue weighted by atomic mass is 10.0. The van der Waals surface area contributed by atoms with Gasteiger partial charge in [-0.25, -0.2) is 0 Å². The summed E-state index contributed by atoms with van der Waals surface area (Å²) in [5.41, 5.74) is 3.32. The van der Waals surface area contributed by atoms with Crippen LogP contribution in [0.3, 0.4) is 0 Å². The van der Waals surface area contributed by atoms with Crippen LogP contribution < -0.4 is 19.5 Å². The third kappa shape index (κ3) is 7.20. The highest BCUT2D eigenvalue weighted by molar-refractivity contribution is 5.89. The van der Waals surface area contributed by atoms with Crippen molar-refractivity contribution in [3.8, 4) is 17.2 Å². The average molecular weight is 539 g/mol. The van der Waals surface area contributed by atoms with Gasteiger partial charge in [0.2, 0.25) is 11.8 Å². The van der Waals surface area contributed by atoms with Crippen LogP contribution in [0, 0.1) is 0 Å². The van der Waals surface area contributed by atoms with E-state index in [4.69, 9.17) is 14.2 Å². The minimum atomic E-state index is -0.848. The van der Waals surface area contributed by atoms with Crippen LogP contribution in [-0.2, 0) is 29.1 Å². The largest absolute Gasteiger partial charge is 0.497 e. The quantitative estimate of drug-likeness (QED) is 0.264. The van der Waals surface area contributed by atoms with Crippen molar-refractivity contribution >= 4 is 11.8 Å². The normalized spacial score (nSPS) is 11.3. The van der Waals surface area contributed by atoms with Gasteiger partial charge in [-0.3, -0.25) is 9.59 Å². The van der Waals surface area contributed by atoms with E-state index in [1.54, 1.807) is 38.4 Å². The summed E-state index contributed by atoms with van der Waals surface area (Å²) in [5, 5.41) is 3.04. The van der Waals surface area contributed by atoms with E-state index in [1.165, 1.54) is 0 Å². The summed E-state index contributed by atoms with van der Waals surface area (Å²) in [7, 11) is 4.73. The van der Waals surface area contributed by atoms with E-state index in [2.05, 4.69) is 5.32 Å². The van der Waals surface area contributed by atoms with Gasteiger partial charge in [-0.2, -0.15) is 0 Å². The van der Waals surface area contributed by atoms with Crippen molar-refractivity contribution in [1.82, 2.24) is 10.2 Å². The fourth-order valence-corrected chi connectivity index (χ4v) is 4.51. The lowest BCUT2D eigenvalue weighted by Gasteiger charge is -2.32. The summed E-state index contributed by atoms with van der Waals surface area (Å²) < 4.78 is 16.1. The summed E-state index contributed by atoms with van der Waals surface area (Å²) in [4.78, 5) is 29.5. The van der Waals surface area contributed by atoms with Gasteiger partial charge in [0.05, 0.1) is 27.8 Å². The second kappa shape index (κ2) is 13.8. The highest BCUT2D eigenvalue weighted by atomic mass is 16.5. The zero-order valence-corrected chi connectivity index (χ0v) is 23.0. The number of ether oxygens (including phenoxy) is 3. The second-order valence-electron chi connectivity index (χ2n) is 9.25. The first-order chi connectivity index (χ1) is 19.5. The van der Waals surface area contributed by atoms with Gasteiger partial charge in [-0.15, -0.1) is 0 Å². The first kappa shape index (κ1) is 28.2. The molecule has 7 nitrogen and oxygen atoms in total. The Morgan fingerprint density at radius 1 is 0.700 bits per heavy atom. The van der Waals surface area contributed by atoms with Crippen LogP contribution in [0.1, 0.15) is 28.3 Å². The highest BCUT2D eigenvalue weighted by Crippen LogP contribution is 2.30. The molecule has 4 rings (SSSR count). The predicted molar refractivity (Wildman–Crippen MR) is 154 cm³/mol. The molecule has 1 N–H and O–H groups in total. The number of nitrogens with zero attached hydrogens (tertiary/aromatic N) is 1. The molecule has 4 aromatic carbocycles. The Morgan fingerprint density at radius 3 is 1.95 bits per heavy atom. The SMILES string of the molecule is COc1ccc(CN(C(=O)Cc2ccc(OC)c(OC)c2)[C@@H](C(=O)NCc2ccccc2)c2ccccc2)cc1. The molecule has 0 aliphatic carbocycles. The Balaban J connectivity index is 1.69. The Kier molecular flexibility index (Phi) is 9.77. The minimum Gasteiger partial charge on any atom is -0.497 e. The molecule has 0 bridgehead atoms. The van der Waals surface area contributed by atoms with Gasteiger partial charge in [0.1, 0.15) is 11.8 Å². The lowest BCUT2D eigenvalue weighted by molar-refractivity contribution is -0.141. The molecule has 0 saturated heterocycles. The van der Waals surface area contributed by atoms with Gasteiger partial charge in [-0.05, 0) is 46.5 Å². The van der Waals surface area contributed by atoms with Crippen LogP contribution in [0.15, 0.2) is 103 Å². The molecule has 206 valence electrons. The Hall–Kier alpha value is -4.78. The number of nitrogens with one attached hydrogen (secondary N) is 1. The van der Waals surface area contributed by atoms with Gasteiger partial charge in [0, 0.05) is 13.1 Å². The molecule has 0 unspecified atom stereocenters. The summed E-state index contributed by atoms with van der Waals surface area (Å²) in [6.45, 7) is 0.581. The molecular weight excluding hydrogens is 504 g/mol. The molecule has 0 aliphatic rings. The van der Waals surface area contributed by atoms with Gasteiger partial charge in [0.15, 0.2) is 11.5 Å². The summed E-state index contributed by atoms with van der Waals surface area (Å²) in [5.74, 6) is 1.37. The molecule has 0 aromatic heterocycles. The number of rotatable bonds is 12. The number of hydrogen-bond acceptors (Lipinski definition) is 5. The number of benzene rings is 4. The molecule has 4 aromatic rings. The first-order valence-corrected chi connectivity index (χ1v) is 13.0. The Bertz CT molecular complexity index is 1390. The summed E-state index contributed by atoms with van der Waals surface area (Å²) in [6.07, 6.45) is 0.0752. The van der Waals surface area contributed by atoms with Crippen molar-refractivity contribution in [2.45, 2.75) is 25.6 Å². The molecule has 0 aliphatic heterocycles. The maximum atomic E-state index is 14.0. The zero-order valence-electron chi connectivity index (χ0n) is 23.0. The molecule has 2 amide bonds. The van der Waals surface area contributed by atoms with Crippen LogP contribution in [-0.4, -0.2) is 38.0 Å². The molecule has 0 spiro atoms. The van der Waals surface area contributed by atoms with Gasteiger partial charge >= 0.3 is 0 Å². The van der Waals surface area contributed by atoms with Crippen molar-refractivity contribution in [2.75, 3.05) is 21.3 Å². The van der Waals surface area contributed by atoms with Gasteiger partial charge in [0.25, 0.3) is 0 Å². The zero-order chi connectivity index (χ0) is 28.3. The molecule has 40 heavy (non-hydrogen) atoms. The Morgan fingerprint density at radius 2 is 1.32 bits per heavy atom. The number of amides is 2. The van der Waals surface area contributed by atoms with Crippen LogP contribution in [0.25, 0.3) is 0 Å². The molecule has 0 radical (unpaired) electrons. The maximum Gasteiger partial charge on any atom is 0.247 e. The number of methoxy groups -OCH3 is 3. The van der Waals surface area contributed by atoms with E-state index in [1.807, 2.05) is 91.0 Å². The van der Waals surface area contributed by atoms with Crippen LogP contribution in [0.2, 0.25) is 0 Å². The van der Waals surface area contributed by atoms with Crippen molar-refractivity contribution in [2.24, 2.45) is 0 Å². The van der Waals surface area contributed by atoms with Crippen LogP contribution in [0.4, 0.5) is 0 Å². The van der Waals surface area contributed by atoms with E-state index in [-0.39, 0.29) is 24.8 Å². The third-order valence-electron chi connectivity index (χ3n) is 6.62. The van der Waals surface area contributed by atoms with E-state index in [0.717, 1.165) is 22.3 Å². The number of carbonyl (C=O) groups excluding carboxylic acids is 2. The monoisotopic (exact) mass is 538 g/mol. The molecule has 1 atom stereocenters. The summed E-state index contributed by atoms with van der Waals surface area (Å²) in [6, 6.07) is 31.1. The van der Waals surface area contributed by atoms with E-state index in [0.29, 0.717) is 23.8 Å². The highest BCUT2D eigenvalue weighted by Gasteiger charge is 2.31. The summed E-state index contributed by atoms with van der Waals surface area (Å²) >= 11 is 0.